The number of hydrogen-bond acceptors (Lipinski definition) is 3. The number of aromatic nitrogens is 3. The standard InChI is InChI=1S/C11H10ClN3O2/c1-11(10(16)17,15-7-13-6-14-15)8-2-4-9(12)5-3-8/h2-7H,1H3,(H,16,17). The van der Waals surface area contributed by atoms with Crippen LogP contribution in [0, 0.1) is 0 Å². The zero-order valence-corrected chi connectivity index (χ0v) is 9.80. The molecule has 1 unspecified atom stereocenters. The molecule has 1 aromatic heterocycles. The molecule has 1 aromatic carbocycles. The van der Waals surface area contributed by atoms with Crippen molar-refractivity contribution in [1.29, 1.82) is 0 Å². The average Bonchev–Trinajstić information content (AvgIpc) is 2.82. The molecule has 88 valence electrons. The third kappa shape index (κ3) is 1.89. The first-order chi connectivity index (χ1) is 8.05. The molecule has 0 fully saturated rings. The summed E-state index contributed by atoms with van der Waals surface area (Å²) in [6.07, 6.45) is 2.68. The maximum atomic E-state index is 11.5. The Hall–Kier alpha value is -1.88. The lowest BCUT2D eigenvalue weighted by atomic mass is 9.92. The van der Waals surface area contributed by atoms with Crippen LogP contribution in [0.5, 0.6) is 0 Å². The molecule has 5 nitrogen and oxygen atoms in total. The fraction of sp³-hybridized carbons (Fsp3) is 0.182. The molecule has 0 aliphatic carbocycles. The molecule has 2 aromatic rings. The van der Waals surface area contributed by atoms with E-state index in [1.54, 1.807) is 31.2 Å². The number of halogens is 1. The maximum Gasteiger partial charge on any atom is 0.336 e. The highest BCUT2D eigenvalue weighted by Crippen LogP contribution is 2.26. The first-order valence-electron chi connectivity index (χ1n) is 4.89. The first kappa shape index (κ1) is 11.6. The van der Waals surface area contributed by atoms with E-state index in [0.29, 0.717) is 10.6 Å². The zero-order chi connectivity index (χ0) is 12.5. The van der Waals surface area contributed by atoms with Crippen LogP contribution in [-0.4, -0.2) is 25.8 Å². The van der Waals surface area contributed by atoms with Gasteiger partial charge in [0, 0.05) is 5.02 Å². The van der Waals surface area contributed by atoms with E-state index >= 15 is 0 Å². The third-order valence-electron chi connectivity index (χ3n) is 2.70. The summed E-state index contributed by atoms with van der Waals surface area (Å²) in [4.78, 5) is 15.3. The fourth-order valence-corrected chi connectivity index (χ4v) is 1.69. The minimum atomic E-state index is -1.29. The van der Waals surface area contributed by atoms with Crippen molar-refractivity contribution in [1.82, 2.24) is 14.8 Å². The molecule has 0 amide bonds. The molecule has 1 N–H and O–H groups in total. The molecule has 1 atom stereocenters. The van der Waals surface area contributed by atoms with Gasteiger partial charge in [0.2, 0.25) is 0 Å². The van der Waals surface area contributed by atoms with Gasteiger partial charge in [0.15, 0.2) is 5.54 Å². The largest absolute Gasteiger partial charge is 0.479 e. The predicted octanol–water partition coefficient (Wildman–Crippen LogP) is 1.78. The van der Waals surface area contributed by atoms with Crippen molar-refractivity contribution in [3.63, 3.8) is 0 Å². The van der Waals surface area contributed by atoms with Gasteiger partial charge in [-0.2, -0.15) is 5.10 Å². The molecule has 6 heteroatoms. The Morgan fingerprint density at radius 3 is 2.53 bits per heavy atom. The molecule has 0 saturated carbocycles. The van der Waals surface area contributed by atoms with Gasteiger partial charge in [-0.15, -0.1) is 0 Å². The van der Waals surface area contributed by atoms with Gasteiger partial charge >= 0.3 is 5.97 Å². The molecule has 0 spiro atoms. The van der Waals surface area contributed by atoms with Gasteiger partial charge in [0.05, 0.1) is 0 Å². The van der Waals surface area contributed by atoms with Crippen molar-refractivity contribution in [2.75, 3.05) is 0 Å². The van der Waals surface area contributed by atoms with Crippen LogP contribution in [0.4, 0.5) is 0 Å². The Bertz CT molecular complexity index is 524. The second-order valence-electron chi connectivity index (χ2n) is 3.72. The lowest BCUT2D eigenvalue weighted by Crippen LogP contribution is -2.40. The normalized spacial score (nSPS) is 14.2. The van der Waals surface area contributed by atoms with E-state index in [-0.39, 0.29) is 0 Å². The summed E-state index contributed by atoms with van der Waals surface area (Å²) in [6, 6.07) is 6.63. The van der Waals surface area contributed by atoms with E-state index in [1.165, 1.54) is 17.3 Å². The fourth-order valence-electron chi connectivity index (χ4n) is 1.57. The van der Waals surface area contributed by atoms with Crippen molar-refractivity contribution < 1.29 is 9.90 Å². The number of benzene rings is 1. The molecule has 0 aliphatic rings. The molecule has 2 rings (SSSR count). The van der Waals surface area contributed by atoms with Crippen LogP contribution < -0.4 is 0 Å². The Kier molecular flexibility index (Phi) is 2.85. The molecule has 0 radical (unpaired) electrons. The zero-order valence-electron chi connectivity index (χ0n) is 9.04. The molecule has 0 aliphatic heterocycles. The summed E-state index contributed by atoms with van der Waals surface area (Å²) in [5.41, 5.74) is -0.707. The van der Waals surface area contributed by atoms with Gasteiger partial charge in [0.25, 0.3) is 0 Å². The first-order valence-corrected chi connectivity index (χ1v) is 5.27. The van der Waals surface area contributed by atoms with Crippen LogP contribution in [0.15, 0.2) is 36.9 Å². The maximum absolute atomic E-state index is 11.5. The minimum Gasteiger partial charge on any atom is -0.479 e. The predicted molar refractivity (Wildman–Crippen MR) is 61.9 cm³/mol. The van der Waals surface area contributed by atoms with Crippen LogP contribution in [0.3, 0.4) is 0 Å². The van der Waals surface area contributed by atoms with Gasteiger partial charge < -0.3 is 5.11 Å². The number of carbonyl (C=O) groups is 1. The smallest absolute Gasteiger partial charge is 0.336 e. The molecule has 17 heavy (non-hydrogen) atoms. The van der Waals surface area contributed by atoms with Crippen LogP contribution >= 0.6 is 11.6 Å². The highest BCUT2D eigenvalue weighted by atomic mass is 35.5. The Morgan fingerprint density at radius 1 is 1.41 bits per heavy atom. The van der Waals surface area contributed by atoms with Crippen LogP contribution in [0.2, 0.25) is 5.02 Å². The van der Waals surface area contributed by atoms with E-state index in [4.69, 9.17) is 11.6 Å². The molecule has 0 bridgehead atoms. The van der Waals surface area contributed by atoms with E-state index in [2.05, 4.69) is 10.1 Å². The highest BCUT2D eigenvalue weighted by Gasteiger charge is 2.38. The third-order valence-corrected chi connectivity index (χ3v) is 2.95. The topological polar surface area (TPSA) is 68.0 Å². The lowest BCUT2D eigenvalue weighted by molar-refractivity contribution is -0.144. The summed E-state index contributed by atoms with van der Waals surface area (Å²) in [6.45, 7) is 1.56. The second-order valence-corrected chi connectivity index (χ2v) is 4.16. The number of rotatable bonds is 3. The SMILES string of the molecule is CC(C(=O)O)(c1ccc(Cl)cc1)n1cncn1. The molecule has 0 saturated heterocycles. The number of nitrogens with zero attached hydrogens (tertiary/aromatic N) is 3. The summed E-state index contributed by atoms with van der Waals surface area (Å²) in [5.74, 6) is -1.01. The van der Waals surface area contributed by atoms with E-state index in [1.807, 2.05) is 0 Å². The molecular weight excluding hydrogens is 242 g/mol. The summed E-state index contributed by atoms with van der Waals surface area (Å²) < 4.78 is 1.30. The lowest BCUT2D eigenvalue weighted by Gasteiger charge is -2.25. The second kappa shape index (κ2) is 4.18. The Labute approximate surface area is 103 Å². The monoisotopic (exact) mass is 251 g/mol. The van der Waals surface area contributed by atoms with E-state index in [0.717, 1.165) is 0 Å². The van der Waals surface area contributed by atoms with Crippen LogP contribution in [0.25, 0.3) is 0 Å². The van der Waals surface area contributed by atoms with Gasteiger partial charge in [-0.1, -0.05) is 23.7 Å². The van der Waals surface area contributed by atoms with Crippen LogP contribution in [-0.2, 0) is 10.3 Å². The highest BCUT2D eigenvalue weighted by molar-refractivity contribution is 6.30. The summed E-state index contributed by atoms with van der Waals surface area (Å²) >= 11 is 5.78. The van der Waals surface area contributed by atoms with Crippen molar-refractivity contribution in [2.24, 2.45) is 0 Å². The van der Waals surface area contributed by atoms with Crippen molar-refractivity contribution >= 4 is 17.6 Å². The number of carboxylic acid groups (broad SMARTS) is 1. The van der Waals surface area contributed by atoms with Gasteiger partial charge in [-0.3, -0.25) is 0 Å². The van der Waals surface area contributed by atoms with Crippen molar-refractivity contribution in [3.05, 3.63) is 47.5 Å². The van der Waals surface area contributed by atoms with Gasteiger partial charge in [-0.25, -0.2) is 14.5 Å². The summed E-state index contributed by atoms with van der Waals surface area (Å²) in [5, 5.41) is 13.9. The number of hydrogen-bond donors (Lipinski definition) is 1. The summed E-state index contributed by atoms with van der Waals surface area (Å²) in [7, 11) is 0. The van der Waals surface area contributed by atoms with Gasteiger partial charge in [-0.05, 0) is 24.6 Å². The van der Waals surface area contributed by atoms with Crippen LogP contribution in [0.1, 0.15) is 12.5 Å². The average molecular weight is 252 g/mol. The molecule has 1 heterocycles. The minimum absolute atomic E-state index is 0.556. The van der Waals surface area contributed by atoms with Crippen molar-refractivity contribution in [2.45, 2.75) is 12.5 Å². The Balaban J connectivity index is 2.56. The quantitative estimate of drug-likeness (QED) is 0.903. The van der Waals surface area contributed by atoms with E-state index in [9.17, 15) is 9.90 Å². The van der Waals surface area contributed by atoms with Gasteiger partial charge in [0.1, 0.15) is 12.7 Å². The van der Waals surface area contributed by atoms with E-state index < -0.39 is 11.5 Å². The molecular formula is C11H10ClN3O2. The number of aliphatic carboxylic acids is 1. The Morgan fingerprint density at radius 2 is 2.06 bits per heavy atom. The number of carboxylic acids is 1. The van der Waals surface area contributed by atoms with Crippen molar-refractivity contribution in [3.8, 4) is 0 Å².